The minimum absolute atomic E-state index is 0.0144. The number of fused-ring (bicyclic) bond motifs is 2. The SMILES string of the molecule is O=C(OCCC(=O)N1c2ccccc2Sc2ccccc21)c1cccnc1. The van der Waals surface area contributed by atoms with Gasteiger partial charge in [-0.25, -0.2) is 4.79 Å². The van der Waals surface area contributed by atoms with Gasteiger partial charge in [-0.15, -0.1) is 0 Å². The van der Waals surface area contributed by atoms with Crippen molar-refractivity contribution in [2.24, 2.45) is 0 Å². The normalized spacial score (nSPS) is 12.1. The molecule has 0 N–H and O–H groups in total. The molecule has 4 rings (SSSR count). The molecule has 1 amide bonds. The number of carbonyl (C=O) groups is 2. The van der Waals surface area contributed by atoms with Crippen LogP contribution in [0.25, 0.3) is 0 Å². The highest BCUT2D eigenvalue weighted by Gasteiger charge is 2.27. The highest BCUT2D eigenvalue weighted by Crippen LogP contribution is 2.47. The lowest BCUT2D eigenvalue weighted by molar-refractivity contribution is -0.118. The molecule has 1 aromatic heterocycles. The number of aromatic nitrogens is 1. The predicted molar refractivity (Wildman–Crippen MR) is 103 cm³/mol. The number of esters is 1. The third-order valence-electron chi connectivity index (χ3n) is 4.13. The lowest BCUT2D eigenvalue weighted by Crippen LogP contribution is -2.29. The van der Waals surface area contributed by atoms with E-state index >= 15 is 0 Å². The fraction of sp³-hybridized carbons (Fsp3) is 0.0952. The van der Waals surface area contributed by atoms with Crippen LogP contribution in [0.4, 0.5) is 11.4 Å². The van der Waals surface area contributed by atoms with Crippen molar-refractivity contribution >= 4 is 35.0 Å². The lowest BCUT2D eigenvalue weighted by Gasteiger charge is -2.31. The summed E-state index contributed by atoms with van der Waals surface area (Å²) in [5.41, 5.74) is 2.07. The molecule has 0 atom stereocenters. The molecule has 3 aromatic rings. The van der Waals surface area contributed by atoms with E-state index in [-0.39, 0.29) is 18.9 Å². The number of nitrogens with zero attached hydrogens (tertiary/aromatic N) is 2. The van der Waals surface area contributed by atoms with Crippen molar-refractivity contribution < 1.29 is 14.3 Å². The molecule has 0 fully saturated rings. The third kappa shape index (κ3) is 3.57. The molecule has 0 spiro atoms. The Bertz CT molecular complexity index is 946. The molecule has 1 aliphatic rings. The number of para-hydroxylation sites is 2. The van der Waals surface area contributed by atoms with Crippen LogP contribution in [0, 0.1) is 0 Å². The van der Waals surface area contributed by atoms with Gasteiger partial charge < -0.3 is 4.74 Å². The molecule has 0 radical (unpaired) electrons. The summed E-state index contributed by atoms with van der Waals surface area (Å²) in [5, 5.41) is 0. The van der Waals surface area contributed by atoms with E-state index in [0.717, 1.165) is 21.2 Å². The summed E-state index contributed by atoms with van der Waals surface area (Å²) in [6.45, 7) is 0.0144. The quantitative estimate of drug-likeness (QED) is 0.629. The van der Waals surface area contributed by atoms with Crippen LogP contribution in [0.5, 0.6) is 0 Å². The molecule has 0 saturated heterocycles. The van der Waals surface area contributed by atoms with Gasteiger partial charge >= 0.3 is 5.97 Å². The first kappa shape index (κ1) is 17.3. The Hall–Kier alpha value is -3.12. The van der Waals surface area contributed by atoms with E-state index in [4.69, 9.17) is 4.74 Å². The molecule has 0 aliphatic carbocycles. The second-order valence-electron chi connectivity index (χ2n) is 5.89. The number of pyridine rings is 1. The van der Waals surface area contributed by atoms with E-state index in [1.165, 1.54) is 6.20 Å². The standard InChI is InChI=1S/C21H16N2O3S/c24-20(11-13-26-21(25)15-6-5-12-22-14-15)23-16-7-1-3-9-18(16)27-19-10-4-2-8-17(19)23/h1-10,12,14H,11,13H2. The van der Waals surface area contributed by atoms with Crippen molar-refractivity contribution in [2.45, 2.75) is 16.2 Å². The maximum absolute atomic E-state index is 13.0. The fourth-order valence-electron chi connectivity index (χ4n) is 2.88. The predicted octanol–water partition coefficient (Wildman–Crippen LogP) is 4.46. The summed E-state index contributed by atoms with van der Waals surface area (Å²) >= 11 is 1.64. The largest absolute Gasteiger partial charge is 0.462 e. The third-order valence-corrected chi connectivity index (χ3v) is 5.26. The molecule has 0 unspecified atom stereocenters. The second-order valence-corrected chi connectivity index (χ2v) is 6.98. The molecule has 6 heteroatoms. The minimum Gasteiger partial charge on any atom is -0.462 e. The zero-order valence-electron chi connectivity index (χ0n) is 14.4. The van der Waals surface area contributed by atoms with Crippen molar-refractivity contribution in [3.8, 4) is 0 Å². The van der Waals surface area contributed by atoms with Crippen LogP contribution in [0.3, 0.4) is 0 Å². The number of ether oxygens (including phenoxy) is 1. The van der Waals surface area contributed by atoms with Gasteiger partial charge in [0.05, 0.1) is 23.4 Å². The first-order chi connectivity index (χ1) is 13.2. The van der Waals surface area contributed by atoms with Gasteiger partial charge in [-0.05, 0) is 36.4 Å². The van der Waals surface area contributed by atoms with E-state index in [2.05, 4.69) is 4.98 Å². The molecular formula is C21H16N2O3S. The van der Waals surface area contributed by atoms with Gasteiger partial charge in [0, 0.05) is 22.2 Å². The molecule has 27 heavy (non-hydrogen) atoms. The van der Waals surface area contributed by atoms with E-state index in [0.29, 0.717) is 5.56 Å². The van der Waals surface area contributed by atoms with Gasteiger partial charge in [0.1, 0.15) is 6.61 Å². The van der Waals surface area contributed by atoms with Crippen LogP contribution < -0.4 is 4.90 Å². The molecule has 0 bridgehead atoms. The first-order valence-corrected chi connectivity index (χ1v) is 9.32. The maximum Gasteiger partial charge on any atom is 0.339 e. The van der Waals surface area contributed by atoms with Crippen LogP contribution in [0.2, 0.25) is 0 Å². The number of hydrogen-bond donors (Lipinski definition) is 0. The topological polar surface area (TPSA) is 59.5 Å². The summed E-state index contributed by atoms with van der Waals surface area (Å²) < 4.78 is 5.23. The van der Waals surface area contributed by atoms with Gasteiger partial charge in [0.2, 0.25) is 5.91 Å². The number of amides is 1. The molecule has 0 saturated carbocycles. The Balaban J connectivity index is 1.50. The van der Waals surface area contributed by atoms with Crippen LogP contribution >= 0.6 is 11.8 Å². The number of benzene rings is 2. The zero-order valence-corrected chi connectivity index (χ0v) is 15.2. The van der Waals surface area contributed by atoms with Gasteiger partial charge in [0.25, 0.3) is 0 Å². The Morgan fingerprint density at radius 3 is 2.22 bits per heavy atom. The molecule has 2 heterocycles. The molecular weight excluding hydrogens is 360 g/mol. The maximum atomic E-state index is 13.0. The Labute approximate surface area is 161 Å². The fourth-order valence-corrected chi connectivity index (χ4v) is 3.94. The van der Waals surface area contributed by atoms with Crippen molar-refractivity contribution in [3.05, 3.63) is 78.6 Å². The first-order valence-electron chi connectivity index (χ1n) is 8.50. The van der Waals surface area contributed by atoms with E-state index < -0.39 is 5.97 Å². The van der Waals surface area contributed by atoms with Crippen molar-refractivity contribution in [2.75, 3.05) is 11.5 Å². The molecule has 1 aliphatic heterocycles. The molecule has 134 valence electrons. The van der Waals surface area contributed by atoms with E-state index in [9.17, 15) is 9.59 Å². The van der Waals surface area contributed by atoms with Gasteiger partial charge in [-0.3, -0.25) is 14.7 Å². The molecule has 2 aromatic carbocycles. The number of carbonyl (C=O) groups excluding carboxylic acids is 2. The number of hydrogen-bond acceptors (Lipinski definition) is 5. The lowest BCUT2D eigenvalue weighted by atomic mass is 10.2. The Morgan fingerprint density at radius 1 is 0.926 bits per heavy atom. The summed E-state index contributed by atoms with van der Waals surface area (Å²) in [4.78, 5) is 32.6. The number of rotatable bonds is 4. The summed E-state index contributed by atoms with van der Waals surface area (Å²) in [6.07, 6.45) is 3.13. The van der Waals surface area contributed by atoms with E-state index in [1.807, 2.05) is 48.5 Å². The summed E-state index contributed by atoms with van der Waals surface area (Å²) in [6, 6.07) is 18.9. The van der Waals surface area contributed by atoms with Crippen LogP contribution in [-0.2, 0) is 9.53 Å². The average molecular weight is 376 g/mol. The Kier molecular flexibility index (Phi) is 4.89. The van der Waals surface area contributed by atoms with Crippen molar-refractivity contribution in [1.82, 2.24) is 4.98 Å². The summed E-state index contributed by atoms with van der Waals surface area (Å²) in [5.74, 6) is -0.597. The van der Waals surface area contributed by atoms with Crippen molar-refractivity contribution in [1.29, 1.82) is 0 Å². The van der Waals surface area contributed by atoms with Gasteiger partial charge in [-0.2, -0.15) is 0 Å². The number of anilines is 2. The Morgan fingerprint density at radius 2 is 1.59 bits per heavy atom. The average Bonchev–Trinajstić information content (AvgIpc) is 2.72. The highest BCUT2D eigenvalue weighted by atomic mass is 32.2. The van der Waals surface area contributed by atoms with E-state index in [1.54, 1.807) is 35.0 Å². The molecule has 5 nitrogen and oxygen atoms in total. The monoisotopic (exact) mass is 376 g/mol. The second kappa shape index (κ2) is 7.63. The minimum atomic E-state index is -0.481. The zero-order chi connectivity index (χ0) is 18.6. The van der Waals surface area contributed by atoms with Crippen molar-refractivity contribution in [3.63, 3.8) is 0 Å². The van der Waals surface area contributed by atoms with Gasteiger partial charge in [0.15, 0.2) is 0 Å². The highest BCUT2D eigenvalue weighted by molar-refractivity contribution is 7.99. The van der Waals surface area contributed by atoms with Crippen LogP contribution in [0.15, 0.2) is 82.8 Å². The van der Waals surface area contributed by atoms with Gasteiger partial charge in [-0.1, -0.05) is 36.0 Å². The smallest absolute Gasteiger partial charge is 0.339 e. The van der Waals surface area contributed by atoms with Crippen LogP contribution in [-0.4, -0.2) is 23.5 Å². The van der Waals surface area contributed by atoms with Crippen LogP contribution in [0.1, 0.15) is 16.8 Å². The summed E-state index contributed by atoms with van der Waals surface area (Å²) in [7, 11) is 0.